The number of benzene rings is 1. The van der Waals surface area contributed by atoms with Crippen molar-refractivity contribution in [2.75, 3.05) is 37.6 Å². The van der Waals surface area contributed by atoms with Gasteiger partial charge >= 0.3 is 5.76 Å². The van der Waals surface area contributed by atoms with Crippen molar-refractivity contribution in [1.82, 2.24) is 20.6 Å². The zero-order valence-electron chi connectivity index (χ0n) is 16.5. The first-order valence-electron chi connectivity index (χ1n) is 10.1. The van der Waals surface area contributed by atoms with Crippen LogP contribution in [0, 0.1) is 0 Å². The summed E-state index contributed by atoms with van der Waals surface area (Å²) in [7, 11) is 0. The van der Waals surface area contributed by atoms with E-state index in [4.69, 9.17) is 16.0 Å². The number of hydrogen-bond donors (Lipinski definition) is 3. The van der Waals surface area contributed by atoms with Crippen molar-refractivity contribution in [3.05, 3.63) is 46.2 Å². The number of amides is 1. The number of halogens is 1. The smallest absolute Gasteiger partial charge is 0.408 e. The molecule has 0 bridgehead atoms. The van der Waals surface area contributed by atoms with Crippen LogP contribution in [0.5, 0.6) is 0 Å². The molecule has 1 saturated heterocycles. The molecular formula is C21H24ClN5O3. The highest BCUT2D eigenvalue weighted by Crippen LogP contribution is 2.37. The predicted molar refractivity (Wildman–Crippen MR) is 117 cm³/mol. The van der Waals surface area contributed by atoms with Crippen LogP contribution >= 0.6 is 11.6 Å². The van der Waals surface area contributed by atoms with Gasteiger partial charge in [-0.3, -0.25) is 14.8 Å². The number of hydrogen-bond acceptors (Lipinski definition) is 6. The van der Waals surface area contributed by atoms with Crippen molar-refractivity contribution in [1.29, 1.82) is 0 Å². The number of pyridine rings is 1. The third-order valence-electron chi connectivity index (χ3n) is 5.16. The van der Waals surface area contributed by atoms with Crippen LogP contribution in [0.3, 0.4) is 0 Å². The molecule has 30 heavy (non-hydrogen) atoms. The van der Waals surface area contributed by atoms with Crippen LogP contribution in [-0.4, -0.2) is 48.6 Å². The Morgan fingerprint density at radius 3 is 2.83 bits per heavy atom. The first kappa shape index (κ1) is 20.4. The largest absolute Gasteiger partial charge is 0.417 e. The van der Waals surface area contributed by atoms with Crippen LogP contribution in [0.2, 0.25) is 5.02 Å². The summed E-state index contributed by atoms with van der Waals surface area (Å²) in [5.74, 6) is -0.423. The quantitative estimate of drug-likeness (QED) is 0.578. The Balaban J connectivity index is 1.68. The summed E-state index contributed by atoms with van der Waals surface area (Å²) in [5.41, 5.74) is 3.76. The molecule has 3 N–H and O–H groups in total. The molecule has 0 unspecified atom stereocenters. The maximum Gasteiger partial charge on any atom is 0.417 e. The fourth-order valence-corrected chi connectivity index (χ4v) is 4.02. The summed E-state index contributed by atoms with van der Waals surface area (Å²) in [6, 6.07) is 5.52. The third kappa shape index (κ3) is 4.66. The van der Waals surface area contributed by atoms with Crippen molar-refractivity contribution >= 4 is 34.3 Å². The molecule has 1 amide bonds. The molecular weight excluding hydrogens is 406 g/mol. The monoisotopic (exact) mass is 429 g/mol. The zero-order chi connectivity index (χ0) is 20.9. The van der Waals surface area contributed by atoms with E-state index in [2.05, 4.69) is 25.5 Å². The maximum atomic E-state index is 12.0. The minimum Gasteiger partial charge on any atom is -0.408 e. The molecule has 8 nitrogen and oxygen atoms in total. The third-order valence-corrected chi connectivity index (χ3v) is 5.43. The average Bonchev–Trinajstić information content (AvgIpc) is 3.09. The van der Waals surface area contributed by atoms with Gasteiger partial charge in [-0.05, 0) is 37.1 Å². The normalized spacial score (nSPS) is 16.7. The van der Waals surface area contributed by atoms with Crippen LogP contribution in [0.4, 0.5) is 5.69 Å². The molecule has 0 radical (unpaired) electrons. The van der Waals surface area contributed by atoms with Crippen molar-refractivity contribution in [2.45, 2.75) is 19.3 Å². The standard InChI is InChI=1S/C21H24ClN5O3/c22-16-13-24-12-15(14-4-5-18-17(11-14)26-21(29)30-18)20(16)27-9-1-3-19(28)25-8-7-23-6-2-10-27/h4-5,11-13,23H,1-3,6-10H2,(H,25,28)(H,26,29). The first-order valence-corrected chi connectivity index (χ1v) is 10.5. The summed E-state index contributed by atoms with van der Waals surface area (Å²) >= 11 is 6.61. The summed E-state index contributed by atoms with van der Waals surface area (Å²) < 4.78 is 5.11. The van der Waals surface area contributed by atoms with Gasteiger partial charge in [-0.15, -0.1) is 0 Å². The summed E-state index contributed by atoms with van der Waals surface area (Å²) in [6.07, 6.45) is 5.56. The lowest BCUT2D eigenvalue weighted by Crippen LogP contribution is -2.36. The van der Waals surface area contributed by atoms with Crippen molar-refractivity contribution in [3.8, 4) is 11.1 Å². The SMILES string of the molecule is O=C1CCCN(c2c(Cl)cncc2-c2ccc3oc(=O)[nH]c3c2)CCCNCCN1. The number of oxazole rings is 1. The highest BCUT2D eigenvalue weighted by Gasteiger charge is 2.18. The minimum absolute atomic E-state index is 0.0627. The molecule has 1 aromatic carbocycles. The van der Waals surface area contributed by atoms with Crippen molar-refractivity contribution < 1.29 is 9.21 Å². The van der Waals surface area contributed by atoms with E-state index in [-0.39, 0.29) is 5.91 Å². The highest BCUT2D eigenvalue weighted by atomic mass is 35.5. The van der Waals surface area contributed by atoms with Gasteiger partial charge in [0.1, 0.15) is 0 Å². The molecule has 0 saturated carbocycles. The number of anilines is 1. The molecule has 158 valence electrons. The lowest BCUT2D eigenvalue weighted by atomic mass is 10.0. The Morgan fingerprint density at radius 2 is 1.93 bits per heavy atom. The van der Waals surface area contributed by atoms with Gasteiger partial charge in [0.25, 0.3) is 0 Å². The Hall–Kier alpha value is -2.84. The van der Waals surface area contributed by atoms with E-state index in [0.29, 0.717) is 35.6 Å². The fraction of sp³-hybridized carbons (Fsp3) is 0.381. The fourth-order valence-electron chi connectivity index (χ4n) is 3.74. The second-order valence-electron chi connectivity index (χ2n) is 7.29. The Bertz CT molecular complexity index is 1090. The summed E-state index contributed by atoms with van der Waals surface area (Å²) in [5, 5.41) is 6.83. The van der Waals surface area contributed by atoms with E-state index in [9.17, 15) is 9.59 Å². The van der Waals surface area contributed by atoms with Gasteiger partial charge in [-0.25, -0.2) is 4.79 Å². The lowest BCUT2D eigenvalue weighted by molar-refractivity contribution is -0.121. The van der Waals surface area contributed by atoms with E-state index in [1.165, 1.54) is 0 Å². The minimum atomic E-state index is -0.486. The molecule has 1 fully saturated rings. The summed E-state index contributed by atoms with van der Waals surface area (Å²) in [4.78, 5) is 32.7. The van der Waals surface area contributed by atoms with Gasteiger partial charge in [0, 0.05) is 50.6 Å². The molecule has 0 atom stereocenters. The number of carbonyl (C=O) groups is 1. The average molecular weight is 430 g/mol. The zero-order valence-corrected chi connectivity index (χ0v) is 17.3. The second kappa shape index (κ2) is 9.32. The molecule has 1 aliphatic rings. The number of aromatic amines is 1. The highest BCUT2D eigenvalue weighted by molar-refractivity contribution is 6.33. The van der Waals surface area contributed by atoms with E-state index in [1.54, 1.807) is 18.5 Å². The van der Waals surface area contributed by atoms with E-state index >= 15 is 0 Å². The Morgan fingerprint density at radius 1 is 1.07 bits per heavy atom. The number of H-pyrrole nitrogens is 1. The molecule has 2 aromatic heterocycles. The van der Waals surface area contributed by atoms with Gasteiger partial charge in [0.15, 0.2) is 5.58 Å². The number of carbonyl (C=O) groups excluding carboxylic acids is 1. The van der Waals surface area contributed by atoms with Gasteiger partial charge in [0.2, 0.25) is 5.91 Å². The number of nitrogens with one attached hydrogen (secondary N) is 3. The predicted octanol–water partition coefficient (Wildman–Crippen LogP) is 2.53. The second-order valence-corrected chi connectivity index (χ2v) is 7.69. The number of fused-ring (bicyclic) bond motifs is 1. The lowest BCUT2D eigenvalue weighted by Gasteiger charge is -2.28. The first-order chi connectivity index (χ1) is 14.6. The van der Waals surface area contributed by atoms with Crippen molar-refractivity contribution in [3.63, 3.8) is 0 Å². The van der Waals surface area contributed by atoms with Gasteiger partial charge in [-0.2, -0.15) is 0 Å². The maximum absolute atomic E-state index is 12.0. The molecule has 3 aromatic rings. The van der Waals surface area contributed by atoms with Crippen LogP contribution in [0.15, 0.2) is 39.8 Å². The number of aromatic nitrogens is 2. The van der Waals surface area contributed by atoms with Crippen LogP contribution in [-0.2, 0) is 4.79 Å². The molecule has 0 spiro atoms. The van der Waals surface area contributed by atoms with Crippen molar-refractivity contribution in [2.24, 2.45) is 0 Å². The van der Waals surface area contributed by atoms with Crippen LogP contribution < -0.4 is 21.3 Å². The Labute approximate surface area is 178 Å². The van der Waals surface area contributed by atoms with E-state index in [1.807, 2.05) is 12.1 Å². The van der Waals surface area contributed by atoms with E-state index in [0.717, 1.165) is 49.3 Å². The topological polar surface area (TPSA) is 103 Å². The van der Waals surface area contributed by atoms with Crippen LogP contribution in [0.25, 0.3) is 22.2 Å². The Kier molecular flexibility index (Phi) is 6.35. The van der Waals surface area contributed by atoms with Gasteiger partial charge in [-0.1, -0.05) is 17.7 Å². The molecule has 4 rings (SSSR count). The summed E-state index contributed by atoms with van der Waals surface area (Å²) in [6.45, 7) is 3.77. The molecule has 3 heterocycles. The van der Waals surface area contributed by atoms with E-state index < -0.39 is 5.76 Å². The number of rotatable bonds is 2. The molecule has 9 heteroatoms. The molecule has 1 aliphatic heterocycles. The molecule has 0 aliphatic carbocycles. The van der Waals surface area contributed by atoms with Gasteiger partial charge in [0.05, 0.1) is 16.2 Å². The van der Waals surface area contributed by atoms with Crippen LogP contribution in [0.1, 0.15) is 19.3 Å². The van der Waals surface area contributed by atoms with Gasteiger partial charge < -0.3 is 20.0 Å². The number of nitrogens with zero attached hydrogens (tertiary/aromatic N) is 2.